The molecule has 34 heavy (non-hydrogen) atoms. The van der Waals surface area contributed by atoms with Crippen LogP contribution in [0.1, 0.15) is 31.9 Å². The highest BCUT2D eigenvalue weighted by atomic mass is 32.2. The van der Waals surface area contributed by atoms with Gasteiger partial charge >= 0.3 is 0 Å². The van der Waals surface area contributed by atoms with Crippen molar-refractivity contribution < 1.29 is 14.6 Å². The molecule has 0 spiro atoms. The number of nitrogens with zero attached hydrogens (tertiary/aromatic N) is 4. The molecule has 3 atom stereocenters. The molecule has 0 radical (unpaired) electrons. The zero-order chi connectivity index (χ0) is 23.2. The third-order valence-electron chi connectivity index (χ3n) is 7.65. The van der Waals surface area contributed by atoms with Gasteiger partial charge in [-0.1, -0.05) is 13.0 Å². The van der Waals surface area contributed by atoms with E-state index in [9.17, 15) is 9.90 Å². The summed E-state index contributed by atoms with van der Waals surface area (Å²) in [5.41, 5.74) is 2.25. The van der Waals surface area contributed by atoms with E-state index in [0.29, 0.717) is 12.6 Å². The number of carbonyl (C=O) groups excluding carboxylic acids is 1. The fraction of sp³-hybridized carbons (Fsp3) is 0.600. The molecule has 1 amide bonds. The van der Waals surface area contributed by atoms with E-state index in [1.165, 1.54) is 10.5 Å². The monoisotopic (exact) mass is 483 g/mol. The van der Waals surface area contributed by atoms with Crippen molar-refractivity contribution in [3.05, 3.63) is 41.5 Å². The van der Waals surface area contributed by atoms with Crippen LogP contribution in [0.25, 0.3) is 0 Å². The van der Waals surface area contributed by atoms with Crippen LogP contribution in [0.15, 0.2) is 40.7 Å². The third kappa shape index (κ3) is 4.12. The fourth-order valence-electron chi connectivity index (χ4n) is 5.85. The third-order valence-corrected chi connectivity index (χ3v) is 8.65. The molecular formula is C25H33N5O3S. The average molecular weight is 484 g/mol. The summed E-state index contributed by atoms with van der Waals surface area (Å²) in [5.74, 6) is 3.05. The molecule has 6 rings (SSSR count). The first kappa shape index (κ1) is 22.4. The van der Waals surface area contributed by atoms with Gasteiger partial charge in [0.1, 0.15) is 12.0 Å². The number of likely N-dealkylation sites (tertiary alicyclic amines) is 1. The first-order valence-corrected chi connectivity index (χ1v) is 13.4. The Hall–Kier alpha value is -2.07. The molecule has 1 aromatic heterocycles. The molecule has 1 aromatic rings. The summed E-state index contributed by atoms with van der Waals surface area (Å²) in [6.45, 7) is 7.14. The number of carbonyl (C=O) groups is 1. The van der Waals surface area contributed by atoms with Gasteiger partial charge in [-0.05, 0) is 50.1 Å². The Balaban J connectivity index is 1.04. The molecule has 6 heterocycles. The molecule has 8 nitrogen and oxygen atoms in total. The zero-order valence-corrected chi connectivity index (χ0v) is 20.5. The van der Waals surface area contributed by atoms with E-state index in [1.807, 2.05) is 46.8 Å². The number of hydrogen-bond donors (Lipinski definition) is 2. The maximum Gasteiger partial charge on any atom is 0.231 e. The lowest BCUT2D eigenvalue weighted by atomic mass is 9.93. The van der Waals surface area contributed by atoms with Gasteiger partial charge in [0.25, 0.3) is 0 Å². The Bertz CT molecular complexity index is 1020. The molecule has 2 saturated heterocycles. The van der Waals surface area contributed by atoms with Gasteiger partial charge in [-0.3, -0.25) is 14.7 Å². The van der Waals surface area contributed by atoms with Crippen molar-refractivity contribution in [2.75, 3.05) is 38.5 Å². The molecule has 0 bridgehead atoms. The van der Waals surface area contributed by atoms with Crippen LogP contribution in [0.5, 0.6) is 5.75 Å². The van der Waals surface area contributed by atoms with Crippen LogP contribution in [0.2, 0.25) is 0 Å². The minimum atomic E-state index is -0.635. The highest BCUT2D eigenvalue weighted by molar-refractivity contribution is 7.99. The number of pyridine rings is 1. The molecule has 182 valence electrons. The Morgan fingerprint density at radius 3 is 3.03 bits per heavy atom. The van der Waals surface area contributed by atoms with Crippen molar-refractivity contribution >= 4 is 17.7 Å². The molecule has 0 saturated carbocycles. The number of aliphatic hydroxyl groups excluding tert-OH is 1. The molecule has 3 unspecified atom stereocenters. The number of aromatic nitrogens is 1. The van der Waals surface area contributed by atoms with E-state index < -0.39 is 6.23 Å². The summed E-state index contributed by atoms with van der Waals surface area (Å²) in [4.78, 5) is 25.3. The maximum atomic E-state index is 13.1. The largest absolute Gasteiger partial charge is 0.490 e. The van der Waals surface area contributed by atoms with Crippen LogP contribution in [0.4, 0.5) is 0 Å². The van der Waals surface area contributed by atoms with Gasteiger partial charge in [-0.25, -0.2) is 0 Å². The number of allylic oxidation sites excluding steroid dienone is 2. The fourth-order valence-corrected chi connectivity index (χ4v) is 6.71. The summed E-state index contributed by atoms with van der Waals surface area (Å²) >= 11 is 1.84. The van der Waals surface area contributed by atoms with Crippen LogP contribution in [-0.4, -0.2) is 87.5 Å². The number of rotatable bonds is 5. The summed E-state index contributed by atoms with van der Waals surface area (Å²) in [6, 6.07) is 2.72. The number of fused-ring (bicyclic) bond motifs is 1. The topological polar surface area (TPSA) is 81.2 Å². The second-order valence-corrected chi connectivity index (χ2v) is 11.2. The van der Waals surface area contributed by atoms with E-state index in [-0.39, 0.29) is 17.9 Å². The number of nitrogens with one attached hydrogen (secondary N) is 1. The lowest BCUT2D eigenvalue weighted by Crippen LogP contribution is -2.50. The minimum Gasteiger partial charge on any atom is -0.490 e. The van der Waals surface area contributed by atoms with Gasteiger partial charge in [-0.15, -0.1) is 11.8 Å². The van der Waals surface area contributed by atoms with Crippen LogP contribution in [0.3, 0.4) is 0 Å². The lowest BCUT2D eigenvalue weighted by Gasteiger charge is -2.39. The predicted molar refractivity (Wildman–Crippen MR) is 130 cm³/mol. The standard InChI is InChI=1S/C25H33N5O3S/c1-16-10-17-2-3-23(31)29-15-20(30(24(17)29)25(16)32)14-28-6-4-18(5-7-28)26-12-19-11-22-21(13-27-19)33-8-9-34-22/h2-3,11,13,16,18,20,23,26,31H,4-10,12,14-15H2,1H3. The van der Waals surface area contributed by atoms with Gasteiger partial charge in [0.2, 0.25) is 5.91 Å². The van der Waals surface area contributed by atoms with Crippen LogP contribution >= 0.6 is 11.8 Å². The highest BCUT2D eigenvalue weighted by Gasteiger charge is 2.47. The van der Waals surface area contributed by atoms with Crippen molar-refractivity contribution in [2.45, 2.75) is 55.9 Å². The van der Waals surface area contributed by atoms with E-state index in [2.05, 4.69) is 21.3 Å². The molecule has 5 aliphatic heterocycles. The van der Waals surface area contributed by atoms with Gasteiger partial charge < -0.3 is 25.0 Å². The summed E-state index contributed by atoms with van der Waals surface area (Å²) in [6.07, 6.45) is 8.01. The van der Waals surface area contributed by atoms with Crippen molar-refractivity contribution in [1.82, 2.24) is 25.0 Å². The van der Waals surface area contributed by atoms with E-state index >= 15 is 0 Å². The number of piperidine rings is 1. The summed E-state index contributed by atoms with van der Waals surface area (Å²) in [5, 5.41) is 14.2. The van der Waals surface area contributed by atoms with E-state index in [0.717, 1.165) is 75.1 Å². The highest BCUT2D eigenvalue weighted by Crippen LogP contribution is 2.40. The Morgan fingerprint density at radius 2 is 2.18 bits per heavy atom. The second-order valence-electron chi connectivity index (χ2n) is 10.0. The predicted octanol–water partition coefficient (Wildman–Crippen LogP) is 1.77. The van der Waals surface area contributed by atoms with Gasteiger partial charge in [-0.2, -0.15) is 0 Å². The smallest absolute Gasteiger partial charge is 0.231 e. The average Bonchev–Trinajstić information content (AvgIpc) is 3.24. The summed E-state index contributed by atoms with van der Waals surface area (Å²) in [7, 11) is 0. The van der Waals surface area contributed by atoms with Crippen molar-refractivity contribution in [3.63, 3.8) is 0 Å². The van der Waals surface area contributed by atoms with Gasteiger partial charge in [0, 0.05) is 37.3 Å². The zero-order valence-electron chi connectivity index (χ0n) is 19.7. The Morgan fingerprint density at radius 1 is 1.32 bits per heavy atom. The van der Waals surface area contributed by atoms with Gasteiger partial charge in [0.15, 0.2) is 5.75 Å². The normalized spacial score (nSPS) is 29.4. The van der Waals surface area contributed by atoms with E-state index in [4.69, 9.17) is 4.74 Å². The van der Waals surface area contributed by atoms with Crippen LogP contribution in [-0.2, 0) is 11.3 Å². The molecular weight excluding hydrogens is 450 g/mol. The first-order valence-electron chi connectivity index (χ1n) is 12.5. The quantitative estimate of drug-likeness (QED) is 0.656. The number of aliphatic hydroxyl groups is 1. The lowest BCUT2D eigenvalue weighted by molar-refractivity contribution is -0.135. The summed E-state index contributed by atoms with van der Waals surface area (Å²) < 4.78 is 5.66. The molecule has 9 heteroatoms. The molecule has 2 fully saturated rings. The van der Waals surface area contributed by atoms with Crippen molar-refractivity contribution in [2.24, 2.45) is 5.92 Å². The molecule has 0 aliphatic carbocycles. The number of amides is 1. The Kier molecular flexibility index (Phi) is 6.05. The van der Waals surface area contributed by atoms with Crippen LogP contribution in [0, 0.1) is 5.92 Å². The van der Waals surface area contributed by atoms with Crippen LogP contribution < -0.4 is 10.1 Å². The van der Waals surface area contributed by atoms with E-state index in [1.54, 1.807) is 0 Å². The second kappa shape index (κ2) is 9.18. The maximum absolute atomic E-state index is 13.1. The molecule has 2 N–H and O–H groups in total. The molecule has 0 aromatic carbocycles. The number of thioether (sulfide) groups is 1. The molecule has 5 aliphatic rings. The van der Waals surface area contributed by atoms with Gasteiger partial charge in [0.05, 0.1) is 29.4 Å². The number of ether oxygens (including phenoxy) is 1. The first-order chi connectivity index (χ1) is 16.6. The Labute approximate surface area is 205 Å². The van der Waals surface area contributed by atoms with Crippen molar-refractivity contribution in [1.29, 1.82) is 0 Å². The number of hydrogen-bond acceptors (Lipinski definition) is 8. The minimum absolute atomic E-state index is 0.00167. The van der Waals surface area contributed by atoms with Crippen molar-refractivity contribution in [3.8, 4) is 5.75 Å². The SMILES string of the molecule is CC1CC2=C3N(CC(CN4CCC(NCc5cc6c(cn5)OCCS6)CC4)N3C1=O)C(O)C=C2.